The summed E-state index contributed by atoms with van der Waals surface area (Å²) in [5, 5.41) is 2.34. The molecular weight excluding hydrogens is 439 g/mol. The molecule has 0 saturated heterocycles. The number of anilines is 1. The highest BCUT2D eigenvalue weighted by Crippen LogP contribution is 2.30. The molecule has 0 aliphatic heterocycles. The number of hydrogen-bond acceptors (Lipinski definition) is 5. The largest absolute Gasteiger partial charge is 0.416 e. The van der Waals surface area contributed by atoms with Gasteiger partial charge in [-0.25, -0.2) is 14.8 Å². The van der Waals surface area contributed by atoms with Gasteiger partial charge >= 0.3 is 11.9 Å². The Morgan fingerprint density at radius 2 is 1.67 bits per heavy atom. The quantitative estimate of drug-likeness (QED) is 0.499. The van der Waals surface area contributed by atoms with Gasteiger partial charge in [0.1, 0.15) is 6.54 Å². The van der Waals surface area contributed by atoms with Crippen LogP contribution in [0.15, 0.2) is 76.6 Å². The van der Waals surface area contributed by atoms with Crippen LogP contribution >= 0.6 is 0 Å². The number of carbonyl (C=O) groups excluding carboxylic acids is 1. The first-order chi connectivity index (χ1) is 15.7. The first-order valence-corrected chi connectivity index (χ1v) is 9.69. The van der Waals surface area contributed by atoms with Gasteiger partial charge in [-0.15, -0.1) is 0 Å². The van der Waals surface area contributed by atoms with Crippen molar-refractivity contribution in [2.24, 2.45) is 0 Å². The highest BCUT2D eigenvalue weighted by atomic mass is 19.4. The molecule has 0 radical (unpaired) electrons. The number of nitrogens with one attached hydrogen (secondary N) is 1. The van der Waals surface area contributed by atoms with Crippen LogP contribution in [-0.2, 0) is 24.1 Å². The summed E-state index contributed by atoms with van der Waals surface area (Å²) in [6.07, 6.45) is -2.02. The third-order valence-corrected chi connectivity index (χ3v) is 4.80. The number of halogens is 3. The second kappa shape index (κ2) is 8.69. The molecule has 8 nitrogen and oxygen atoms in total. The van der Waals surface area contributed by atoms with Gasteiger partial charge in [-0.05, 0) is 23.8 Å². The summed E-state index contributed by atoms with van der Waals surface area (Å²) in [5.41, 5.74) is -2.01. The van der Waals surface area contributed by atoms with Gasteiger partial charge in [-0.2, -0.15) is 13.2 Å². The molecule has 0 spiro atoms. The molecule has 1 N–H and O–H groups in total. The fourth-order valence-corrected chi connectivity index (χ4v) is 3.30. The van der Waals surface area contributed by atoms with Crippen molar-refractivity contribution in [1.82, 2.24) is 19.1 Å². The molecule has 2 aromatic carbocycles. The number of aromatic nitrogens is 4. The molecule has 168 valence electrons. The summed E-state index contributed by atoms with van der Waals surface area (Å²) in [6, 6.07) is 12.9. The molecule has 0 bridgehead atoms. The Hall–Kier alpha value is -4.28. The van der Waals surface area contributed by atoms with Gasteiger partial charge in [0.05, 0.1) is 12.1 Å². The maximum absolute atomic E-state index is 13.1. The van der Waals surface area contributed by atoms with E-state index < -0.39 is 35.4 Å². The van der Waals surface area contributed by atoms with Crippen molar-refractivity contribution in [3.8, 4) is 0 Å². The molecule has 11 heteroatoms. The second-order valence-corrected chi connectivity index (χ2v) is 7.10. The van der Waals surface area contributed by atoms with Crippen molar-refractivity contribution in [3.05, 3.63) is 99.0 Å². The van der Waals surface area contributed by atoms with Gasteiger partial charge in [-0.1, -0.05) is 36.4 Å². The molecule has 0 unspecified atom stereocenters. The molecular formula is C22H16F3N5O3. The van der Waals surface area contributed by atoms with E-state index in [2.05, 4.69) is 15.3 Å². The number of rotatable bonds is 5. The van der Waals surface area contributed by atoms with Crippen LogP contribution in [0, 0.1) is 0 Å². The Balaban J connectivity index is 1.71. The smallest absolute Gasteiger partial charge is 0.325 e. The summed E-state index contributed by atoms with van der Waals surface area (Å²) < 4.78 is 40.7. The predicted molar refractivity (Wildman–Crippen MR) is 114 cm³/mol. The number of nitrogens with zero attached hydrogens (tertiary/aromatic N) is 4. The zero-order valence-corrected chi connectivity index (χ0v) is 16.9. The number of hydrogen-bond donors (Lipinski definition) is 1. The Bertz CT molecular complexity index is 1450. The Kier molecular flexibility index (Phi) is 5.78. The number of fused-ring (bicyclic) bond motifs is 1. The molecule has 4 aromatic rings. The number of carbonyl (C=O) groups is 1. The van der Waals surface area contributed by atoms with Crippen LogP contribution in [0.25, 0.3) is 11.2 Å². The lowest BCUT2D eigenvalue weighted by Crippen LogP contribution is -2.42. The summed E-state index contributed by atoms with van der Waals surface area (Å²) in [7, 11) is 0. The molecule has 33 heavy (non-hydrogen) atoms. The standard InChI is InChI=1S/C22H16F3N5O3/c23-22(24,25)15-7-4-8-16(11-15)28-17(31)13-29-19-18(26-9-10-27-19)20(32)30(21(29)33)12-14-5-2-1-3-6-14/h1-11H,12-13H2,(H,28,31). The molecule has 1 amide bonds. The highest BCUT2D eigenvalue weighted by Gasteiger charge is 2.30. The van der Waals surface area contributed by atoms with Gasteiger partial charge in [0.15, 0.2) is 11.2 Å². The van der Waals surface area contributed by atoms with Gasteiger partial charge < -0.3 is 5.32 Å². The number of alkyl halides is 3. The van der Waals surface area contributed by atoms with Crippen LogP contribution in [0.4, 0.5) is 18.9 Å². The zero-order chi connectivity index (χ0) is 23.6. The van der Waals surface area contributed by atoms with Crippen LogP contribution in [-0.4, -0.2) is 25.0 Å². The minimum Gasteiger partial charge on any atom is -0.325 e. The van der Waals surface area contributed by atoms with Crippen LogP contribution < -0.4 is 16.6 Å². The van der Waals surface area contributed by atoms with E-state index in [9.17, 15) is 27.6 Å². The van der Waals surface area contributed by atoms with E-state index in [1.54, 1.807) is 30.3 Å². The van der Waals surface area contributed by atoms with E-state index in [1.807, 2.05) is 0 Å². The fraction of sp³-hybridized carbons (Fsp3) is 0.136. The monoisotopic (exact) mass is 455 g/mol. The maximum Gasteiger partial charge on any atom is 0.416 e. The third-order valence-electron chi connectivity index (χ3n) is 4.80. The van der Waals surface area contributed by atoms with Crippen LogP contribution in [0.2, 0.25) is 0 Å². The summed E-state index contributed by atoms with van der Waals surface area (Å²) >= 11 is 0. The van der Waals surface area contributed by atoms with Gasteiger partial charge in [0.25, 0.3) is 5.56 Å². The Morgan fingerprint density at radius 3 is 2.39 bits per heavy atom. The molecule has 0 aliphatic carbocycles. The average Bonchev–Trinajstić information content (AvgIpc) is 2.80. The summed E-state index contributed by atoms with van der Waals surface area (Å²) in [4.78, 5) is 46.6. The molecule has 0 saturated carbocycles. The molecule has 0 atom stereocenters. The lowest BCUT2D eigenvalue weighted by molar-refractivity contribution is -0.137. The molecule has 0 fully saturated rings. The van der Waals surface area contributed by atoms with E-state index in [1.165, 1.54) is 18.5 Å². The summed E-state index contributed by atoms with van der Waals surface area (Å²) in [5.74, 6) is -0.770. The Labute approximate surface area is 184 Å². The van der Waals surface area contributed by atoms with E-state index in [0.717, 1.165) is 27.3 Å². The number of amides is 1. The number of benzene rings is 2. The normalized spacial score (nSPS) is 11.5. The first kappa shape index (κ1) is 21.9. The Morgan fingerprint density at radius 1 is 0.939 bits per heavy atom. The predicted octanol–water partition coefficient (Wildman–Crippen LogP) is 2.66. The second-order valence-electron chi connectivity index (χ2n) is 7.10. The van der Waals surface area contributed by atoms with E-state index >= 15 is 0 Å². The first-order valence-electron chi connectivity index (χ1n) is 9.69. The minimum atomic E-state index is -4.57. The van der Waals surface area contributed by atoms with Crippen LogP contribution in [0.5, 0.6) is 0 Å². The van der Waals surface area contributed by atoms with Crippen molar-refractivity contribution in [2.75, 3.05) is 5.32 Å². The molecule has 0 aliphatic rings. The summed E-state index contributed by atoms with van der Waals surface area (Å²) in [6.45, 7) is -0.639. The van der Waals surface area contributed by atoms with Crippen molar-refractivity contribution in [2.45, 2.75) is 19.3 Å². The molecule has 2 aromatic heterocycles. The van der Waals surface area contributed by atoms with E-state index in [0.29, 0.717) is 5.56 Å². The van der Waals surface area contributed by atoms with Crippen molar-refractivity contribution < 1.29 is 18.0 Å². The van der Waals surface area contributed by atoms with Crippen molar-refractivity contribution in [3.63, 3.8) is 0 Å². The van der Waals surface area contributed by atoms with Gasteiger partial charge in [0, 0.05) is 18.1 Å². The lowest BCUT2D eigenvalue weighted by atomic mass is 10.2. The maximum atomic E-state index is 13.1. The lowest BCUT2D eigenvalue weighted by Gasteiger charge is -2.14. The molecule has 4 rings (SSSR count). The topological polar surface area (TPSA) is 98.9 Å². The van der Waals surface area contributed by atoms with E-state index in [-0.39, 0.29) is 23.4 Å². The average molecular weight is 455 g/mol. The highest BCUT2D eigenvalue weighted by molar-refractivity contribution is 5.91. The SMILES string of the molecule is O=C(Cn1c(=O)n(Cc2ccccc2)c(=O)c2nccnc21)Nc1cccc(C(F)(F)F)c1. The van der Waals surface area contributed by atoms with Crippen LogP contribution in [0.3, 0.4) is 0 Å². The fourth-order valence-electron chi connectivity index (χ4n) is 3.30. The van der Waals surface area contributed by atoms with E-state index in [4.69, 9.17) is 0 Å². The minimum absolute atomic E-state index is 0.0553. The van der Waals surface area contributed by atoms with Gasteiger partial charge in [0.2, 0.25) is 5.91 Å². The van der Waals surface area contributed by atoms with Crippen molar-refractivity contribution >= 4 is 22.8 Å². The van der Waals surface area contributed by atoms with Crippen LogP contribution in [0.1, 0.15) is 11.1 Å². The van der Waals surface area contributed by atoms with Gasteiger partial charge in [-0.3, -0.25) is 18.7 Å². The third kappa shape index (κ3) is 4.66. The zero-order valence-electron chi connectivity index (χ0n) is 16.9. The molecule has 2 heterocycles. The van der Waals surface area contributed by atoms with Crippen molar-refractivity contribution in [1.29, 1.82) is 0 Å².